The summed E-state index contributed by atoms with van der Waals surface area (Å²) in [6.07, 6.45) is 1.21. The van der Waals surface area contributed by atoms with Crippen molar-refractivity contribution in [2.45, 2.75) is 18.6 Å². The molecule has 0 radical (unpaired) electrons. The van der Waals surface area contributed by atoms with E-state index >= 15 is 0 Å². The van der Waals surface area contributed by atoms with Crippen molar-refractivity contribution in [1.82, 2.24) is 5.32 Å². The third kappa shape index (κ3) is 2.83. The summed E-state index contributed by atoms with van der Waals surface area (Å²) in [6.45, 7) is 2.44. The maximum Gasteiger partial charge on any atom is 0.231 e. The lowest BCUT2D eigenvalue weighted by atomic mass is 10.1. The third-order valence-corrected chi connectivity index (χ3v) is 3.53. The first kappa shape index (κ1) is 12.7. The van der Waals surface area contributed by atoms with Crippen LogP contribution in [0.2, 0.25) is 0 Å². The van der Waals surface area contributed by atoms with E-state index in [0.29, 0.717) is 20.0 Å². The molecular formula is C14H19NO4. The fourth-order valence-corrected chi connectivity index (χ4v) is 2.35. The SMILES string of the molecule is CNC(COC1CCOC1)c1ccc2c(c1)OCO2. The summed E-state index contributed by atoms with van der Waals surface area (Å²) in [4.78, 5) is 0. The molecule has 2 unspecified atom stereocenters. The predicted molar refractivity (Wildman–Crippen MR) is 69.5 cm³/mol. The van der Waals surface area contributed by atoms with E-state index < -0.39 is 0 Å². The van der Waals surface area contributed by atoms with Crippen LogP contribution >= 0.6 is 0 Å². The summed E-state index contributed by atoms with van der Waals surface area (Å²) in [6, 6.07) is 6.15. The monoisotopic (exact) mass is 265 g/mol. The summed E-state index contributed by atoms with van der Waals surface area (Å²) < 4.78 is 21.9. The van der Waals surface area contributed by atoms with Gasteiger partial charge in [0.25, 0.3) is 0 Å². The highest BCUT2D eigenvalue weighted by Gasteiger charge is 2.20. The van der Waals surface area contributed by atoms with Crippen LogP contribution in [0.15, 0.2) is 18.2 Å². The average Bonchev–Trinajstić information content (AvgIpc) is 3.09. The molecule has 2 heterocycles. The minimum absolute atomic E-state index is 0.148. The number of benzene rings is 1. The molecule has 1 fully saturated rings. The lowest BCUT2D eigenvalue weighted by Gasteiger charge is -2.19. The molecule has 0 bridgehead atoms. The van der Waals surface area contributed by atoms with Gasteiger partial charge in [-0.25, -0.2) is 0 Å². The molecule has 5 nitrogen and oxygen atoms in total. The van der Waals surface area contributed by atoms with Crippen molar-refractivity contribution < 1.29 is 18.9 Å². The molecule has 1 N–H and O–H groups in total. The summed E-state index contributed by atoms with van der Waals surface area (Å²) in [7, 11) is 1.93. The molecule has 5 heteroatoms. The second-order valence-corrected chi connectivity index (χ2v) is 4.77. The van der Waals surface area contributed by atoms with E-state index in [0.717, 1.165) is 30.1 Å². The Morgan fingerprint density at radius 2 is 2.26 bits per heavy atom. The van der Waals surface area contributed by atoms with E-state index in [1.54, 1.807) is 0 Å². The Hall–Kier alpha value is -1.30. The Morgan fingerprint density at radius 3 is 3.05 bits per heavy atom. The van der Waals surface area contributed by atoms with E-state index in [-0.39, 0.29) is 12.1 Å². The quantitative estimate of drug-likeness (QED) is 0.874. The molecule has 0 aromatic heterocycles. The van der Waals surface area contributed by atoms with Crippen molar-refractivity contribution >= 4 is 0 Å². The molecule has 0 spiro atoms. The van der Waals surface area contributed by atoms with Gasteiger partial charge in [0.15, 0.2) is 11.5 Å². The van der Waals surface area contributed by atoms with Crippen molar-refractivity contribution in [3.05, 3.63) is 23.8 Å². The molecule has 19 heavy (non-hydrogen) atoms. The summed E-state index contributed by atoms with van der Waals surface area (Å²) in [5, 5.41) is 3.27. The minimum atomic E-state index is 0.148. The molecule has 2 aliphatic rings. The van der Waals surface area contributed by atoms with Gasteiger partial charge in [-0.2, -0.15) is 0 Å². The Morgan fingerprint density at radius 1 is 1.37 bits per heavy atom. The number of likely N-dealkylation sites (N-methyl/N-ethyl adjacent to an activating group) is 1. The first-order valence-corrected chi connectivity index (χ1v) is 6.63. The molecule has 2 atom stereocenters. The number of ether oxygens (including phenoxy) is 4. The molecule has 1 aromatic carbocycles. The molecule has 0 amide bonds. The maximum atomic E-state index is 5.87. The molecule has 1 saturated heterocycles. The van der Waals surface area contributed by atoms with Gasteiger partial charge < -0.3 is 24.3 Å². The van der Waals surface area contributed by atoms with Gasteiger partial charge in [0, 0.05) is 6.61 Å². The Bertz CT molecular complexity index is 431. The first-order chi connectivity index (χ1) is 9.36. The van der Waals surface area contributed by atoms with E-state index in [1.165, 1.54) is 0 Å². The number of hydrogen-bond acceptors (Lipinski definition) is 5. The molecule has 2 aliphatic heterocycles. The van der Waals surface area contributed by atoms with Crippen LogP contribution in [0.4, 0.5) is 0 Å². The van der Waals surface area contributed by atoms with Crippen LogP contribution in [0, 0.1) is 0 Å². The minimum Gasteiger partial charge on any atom is -0.454 e. The zero-order valence-corrected chi connectivity index (χ0v) is 11.1. The van der Waals surface area contributed by atoms with Crippen LogP contribution < -0.4 is 14.8 Å². The van der Waals surface area contributed by atoms with Crippen LogP contribution in [-0.4, -0.2) is 39.8 Å². The van der Waals surface area contributed by atoms with Gasteiger partial charge in [0.05, 0.1) is 25.4 Å². The summed E-state index contributed by atoms with van der Waals surface area (Å²) in [5.74, 6) is 1.62. The average molecular weight is 265 g/mol. The summed E-state index contributed by atoms with van der Waals surface area (Å²) >= 11 is 0. The van der Waals surface area contributed by atoms with Crippen molar-refractivity contribution in [3.63, 3.8) is 0 Å². The topological polar surface area (TPSA) is 49.0 Å². The zero-order valence-electron chi connectivity index (χ0n) is 11.1. The predicted octanol–water partition coefficient (Wildman–Crippen LogP) is 1.48. The van der Waals surface area contributed by atoms with E-state index in [4.69, 9.17) is 18.9 Å². The Balaban J connectivity index is 1.64. The highest BCUT2D eigenvalue weighted by molar-refractivity contribution is 5.45. The number of fused-ring (bicyclic) bond motifs is 1. The first-order valence-electron chi connectivity index (χ1n) is 6.63. The maximum absolute atomic E-state index is 5.87. The van der Waals surface area contributed by atoms with E-state index in [9.17, 15) is 0 Å². The molecule has 0 aliphatic carbocycles. The van der Waals surface area contributed by atoms with Gasteiger partial charge in [0.1, 0.15) is 0 Å². The van der Waals surface area contributed by atoms with Gasteiger partial charge >= 0.3 is 0 Å². The molecule has 104 valence electrons. The van der Waals surface area contributed by atoms with Gasteiger partial charge in [-0.05, 0) is 31.2 Å². The van der Waals surface area contributed by atoms with Gasteiger partial charge in [-0.3, -0.25) is 0 Å². The van der Waals surface area contributed by atoms with Crippen LogP contribution in [0.3, 0.4) is 0 Å². The zero-order chi connectivity index (χ0) is 13.1. The van der Waals surface area contributed by atoms with Crippen LogP contribution in [0.25, 0.3) is 0 Å². The van der Waals surface area contributed by atoms with Crippen molar-refractivity contribution in [2.75, 3.05) is 33.7 Å². The van der Waals surface area contributed by atoms with Crippen LogP contribution in [-0.2, 0) is 9.47 Å². The second-order valence-electron chi connectivity index (χ2n) is 4.77. The fourth-order valence-electron chi connectivity index (χ4n) is 2.35. The summed E-state index contributed by atoms with van der Waals surface area (Å²) in [5.41, 5.74) is 1.14. The lowest BCUT2D eigenvalue weighted by Crippen LogP contribution is -2.25. The largest absolute Gasteiger partial charge is 0.454 e. The van der Waals surface area contributed by atoms with Crippen LogP contribution in [0.5, 0.6) is 11.5 Å². The molecule has 0 saturated carbocycles. The molecule has 1 aromatic rings. The second kappa shape index (κ2) is 5.77. The molecular weight excluding hydrogens is 246 g/mol. The van der Waals surface area contributed by atoms with Crippen molar-refractivity contribution in [3.8, 4) is 11.5 Å². The standard InChI is InChI=1S/C14H19NO4/c1-15-12(8-17-11-4-5-16-7-11)10-2-3-13-14(6-10)19-9-18-13/h2-3,6,11-12,15H,4-5,7-9H2,1H3. The fraction of sp³-hybridized carbons (Fsp3) is 0.571. The number of hydrogen-bond donors (Lipinski definition) is 1. The number of rotatable bonds is 5. The van der Waals surface area contributed by atoms with E-state index in [1.807, 2.05) is 25.2 Å². The number of nitrogens with one attached hydrogen (secondary N) is 1. The highest BCUT2D eigenvalue weighted by Crippen LogP contribution is 2.34. The van der Waals surface area contributed by atoms with Crippen molar-refractivity contribution in [1.29, 1.82) is 0 Å². The van der Waals surface area contributed by atoms with E-state index in [2.05, 4.69) is 5.32 Å². The Kier molecular flexibility index (Phi) is 3.87. The van der Waals surface area contributed by atoms with Gasteiger partial charge in [0.2, 0.25) is 6.79 Å². The lowest BCUT2D eigenvalue weighted by molar-refractivity contribution is 0.0308. The van der Waals surface area contributed by atoms with Crippen LogP contribution in [0.1, 0.15) is 18.0 Å². The van der Waals surface area contributed by atoms with Gasteiger partial charge in [-0.1, -0.05) is 6.07 Å². The molecule has 3 rings (SSSR count). The smallest absolute Gasteiger partial charge is 0.231 e. The van der Waals surface area contributed by atoms with Crippen molar-refractivity contribution in [2.24, 2.45) is 0 Å². The third-order valence-electron chi connectivity index (χ3n) is 3.53. The Labute approximate surface area is 112 Å². The van der Waals surface area contributed by atoms with Gasteiger partial charge in [-0.15, -0.1) is 0 Å². The normalized spacial score (nSPS) is 22.7. The highest BCUT2D eigenvalue weighted by atomic mass is 16.7.